The third kappa shape index (κ3) is 2.39. The van der Waals surface area contributed by atoms with E-state index in [9.17, 15) is 0 Å². The summed E-state index contributed by atoms with van der Waals surface area (Å²) in [6.45, 7) is 6.82. The van der Waals surface area contributed by atoms with Crippen molar-refractivity contribution in [3.63, 3.8) is 0 Å². The molecule has 0 amide bonds. The molecule has 0 atom stereocenters. The van der Waals surface area contributed by atoms with Crippen molar-refractivity contribution in [1.29, 1.82) is 0 Å². The molecule has 0 bridgehead atoms. The van der Waals surface area contributed by atoms with Crippen LogP contribution in [-0.4, -0.2) is 34.2 Å². The minimum absolute atomic E-state index is 0.234. The van der Waals surface area contributed by atoms with Crippen LogP contribution in [0.5, 0.6) is 0 Å². The minimum Gasteiger partial charge on any atom is -0.390 e. The van der Waals surface area contributed by atoms with Crippen molar-refractivity contribution in [2.75, 3.05) is 6.61 Å². The molecule has 2 aromatic rings. The Morgan fingerprint density at radius 1 is 1.50 bits per heavy atom. The van der Waals surface area contributed by atoms with Gasteiger partial charge in [0.1, 0.15) is 0 Å². The first kappa shape index (κ1) is 12.7. The summed E-state index contributed by atoms with van der Waals surface area (Å²) >= 11 is 3.40. The lowest BCUT2D eigenvalue weighted by molar-refractivity contribution is 0.330. The molecule has 1 aromatic carbocycles. The van der Waals surface area contributed by atoms with Crippen molar-refractivity contribution in [3.8, 4) is 0 Å². The van der Waals surface area contributed by atoms with Crippen molar-refractivity contribution in [2.45, 2.75) is 0 Å². The number of aliphatic imine (C=N–C) groups is 2. The lowest BCUT2D eigenvalue weighted by Crippen LogP contribution is -2.11. The summed E-state index contributed by atoms with van der Waals surface area (Å²) < 4.78 is 2.48. The quantitative estimate of drug-likeness (QED) is 0.683. The zero-order chi connectivity index (χ0) is 13.1. The zero-order valence-electron chi connectivity index (χ0n) is 9.54. The van der Waals surface area contributed by atoms with Crippen LogP contribution in [0.3, 0.4) is 0 Å². The highest BCUT2D eigenvalue weighted by Crippen LogP contribution is 2.19. The normalized spacial score (nSPS) is 11.8. The van der Waals surface area contributed by atoms with Gasteiger partial charge in [-0.2, -0.15) is 9.78 Å². The second-order valence-corrected chi connectivity index (χ2v) is 4.47. The van der Waals surface area contributed by atoms with Crippen LogP contribution in [0, 0.1) is 0 Å². The number of aliphatic hydroxyl groups excluding tert-OH is 1. The maximum atomic E-state index is 8.93. The molecule has 0 unspecified atom stereocenters. The monoisotopic (exact) mass is 306 g/mol. The highest BCUT2D eigenvalue weighted by molar-refractivity contribution is 9.10. The lowest BCUT2D eigenvalue weighted by Gasteiger charge is -2.03. The van der Waals surface area contributed by atoms with Gasteiger partial charge in [0.25, 0.3) is 5.96 Å². The number of hydrogen-bond acceptors (Lipinski definition) is 3. The summed E-state index contributed by atoms with van der Waals surface area (Å²) in [6, 6.07) is 5.77. The first-order chi connectivity index (χ1) is 8.65. The van der Waals surface area contributed by atoms with Crippen LogP contribution in [0.4, 0.5) is 0 Å². The Balaban J connectivity index is 2.58. The summed E-state index contributed by atoms with van der Waals surface area (Å²) in [5.41, 5.74) is 1.15. The largest absolute Gasteiger partial charge is 0.390 e. The van der Waals surface area contributed by atoms with Crippen molar-refractivity contribution in [1.82, 2.24) is 9.78 Å². The van der Waals surface area contributed by atoms with Crippen LogP contribution < -0.4 is 0 Å². The van der Waals surface area contributed by atoms with Crippen LogP contribution >= 0.6 is 15.9 Å². The Bertz CT molecular complexity index is 645. The summed E-state index contributed by atoms with van der Waals surface area (Å²) in [5.74, 6) is 0.280. The molecule has 2 rings (SSSR count). The number of fused-ring (bicyclic) bond motifs is 1. The number of benzene rings is 1. The molecular formula is C12H11BrN4O. The Morgan fingerprint density at radius 2 is 2.28 bits per heavy atom. The van der Waals surface area contributed by atoms with Crippen molar-refractivity contribution in [2.24, 2.45) is 9.98 Å². The van der Waals surface area contributed by atoms with E-state index >= 15 is 0 Å². The molecule has 0 aliphatic heterocycles. The molecule has 0 aliphatic carbocycles. The highest BCUT2D eigenvalue weighted by atomic mass is 79.9. The Labute approximate surface area is 112 Å². The number of rotatable bonds is 2. The molecule has 0 aliphatic rings. The number of nitrogens with zero attached hydrogens (tertiary/aromatic N) is 4. The molecule has 0 spiro atoms. The fraction of sp³-hybridized carbons (Fsp3) is 0.0833. The van der Waals surface area contributed by atoms with Gasteiger partial charge in [0.05, 0.1) is 24.0 Å². The first-order valence-electron chi connectivity index (χ1n) is 5.13. The van der Waals surface area contributed by atoms with E-state index in [1.807, 2.05) is 18.2 Å². The van der Waals surface area contributed by atoms with Crippen LogP contribution in [0.1, 0.15) is 0 Å². The lowest BCUT2D eigenvalue weighted by atomic mass is 10.3. The molecule has 1 N–H and O–H groups in total. The average Bonchev–Trinajstić information content (AvgIpc) is 2.78. The zero-order valence-corrected chi connectivity index (χ0v) is 11.1. The predicted octanol–water partition coefficient (Wildman–Crippen LogP) is 2.21. The second kappa shape index (κ2) is 5.24. The van der Waals surface area contributed by atoms with Gasteiger partial charge < -0.3 is 5.11 Å². The van der Waals surface area contributed by atoms with E-state index in [0.717, 1.165) is 15.4 Å². The van der Waals surface area contributed by atoms with Crippen molar-refractivity contribution < 1.29 is 5.11 Å². The van der Waals surface area contributed by atoms with Crippen LogP contribution in [0.25, 0.3) is 10.9 Å². The molecule has 0 fully saturated rings. The van der Waals surface area contributed by atoms with E-state index in [2.05, 4.69) is 44.3 Å². The average molecular weight is 307 g/mol. The topological polar surface area (TPSA) is 62.8 Å². The SMILES string of the molecule is C=NC(=NC(=C)CO)n1ncc2ccc(Br)cc21. The van der Waals surface area contributed by atoms with Crippen LogP contribution in [-0.2, 0) is 0 Å². The molecular weight excluding hydrogens is 296 g/mol. The number of hydrogen-bond donors (Lipinski definition) is 1. The minimum atomic E-state index is -0.234. The first-order valence-corrected chi connectivity index (χ1v) is 5.92. The van der Waals surface area contributed by atoms with Crippen molar-refractivity contribution >= 4 is 39.5 Å². The summed E-state index contributed by atoms with van der Waals surface area (Å²) in [7, 11) is 0. The van der Waals surface area contributed by atoms with Gasteiger partial charge in [-0.15, -0.1) is 0 Å². The third-order valence-corrected chi connectivity index (χ3v) is 2.80. The summed E-state index contributed by atoms with van der Waals surface area (Å²) in [6.07, 6.45) is 1.71. The molecule has 0 saturated heterocycles. The molecule has 1 heterocycles. The molecule has 18 heavy (non-hydrogen) atoms. The van der Waals surface area contributed by atoms with Crippen LogP contribution in [0.15, 0.2) is 51.1 Å². The molecule has 0 radical (unpaired) electrons. The highest BCUT2D eigenvalue weighted by Gasteiger charge is 2.08. The summed E-state index contributed by atoms with van der Waals surface area (Å²) in [5, 5.41) is 14.1. The fourth-order valence-electron chi connectivity index (χ4n) is 1.48. The smallest absolute Gasteiger partial charge is 0.250 e. The van der Waals surface area contributed by atoms with Gasteiger partial charge >= 0.3 is 0 Å². The van der Waals surface area contributed by atoms with E-state index in [-0.39, 0.29) is 12.6 Å². The molecule has 6 heteroatoms. The summed E-state index contributed by atoms with van der Waals surface area (Å²) in [4.78, 5) is 7.88. The predicted molar refractivity (Wildman–Crippen MR) is 76.0 cm³/mol. The number of aromatic nitrogens is 2. The Hall–Kier alpha value is -1.79. The van der Waals surface area contributed by atoms with Gasteiger partial charge in [-0.3, -0.25) is 0 Å². The number of halogens is 1. The van der Waals surface area contributed by atoms with Gasteiger partial charge in [-0.1, -0.05) is 28.6 Å². The van der Waals surface area contributed by atoms with Crippen LogP contribution in [0.2, 0.25) is 0 Å². The second-order valence-electron chi connectivity index (χ2n) is 3.55. The van der Waals surface area contributed by atoms with E-state index in [0.29, 0.717) is 5.70 Å². The maximum Gasteiger partial charge on any atom is 0.250 e. The Kier molecular flexibility index (Phi) is 3.69. The van der Waals surface area contributed by atoms with E-state index in [4.69, 9.17) is 5.11 Å². The van der Waals surface area contributed by atoms with Gasteiger partial charge in [-0.25, -0.2) is 9.98 Å². The van der Waals surface area contributed by atoms with Gasteiger partial charge in [-0.05, 0) is 18.9 Å². The third-order valence-electron chi connectivity index (χ3n) is 2.30. The van der Waals surface area contributed by atoms with E-state index in [1.54, 1.807) is 10.9 Å². The van der Waals surface area contributed by atoms with Crippen molar-refractivity contribution in [3.05, 3.63) is 41.1 Å². The number of aliphatic hydroxyl groups is 1. The standard InChI is InChI=1S/C12H11BrN4O/c1-8(7-18)16-12(14-2)17-11-5-10(13)4-3-9(11)6-15-17/h3-6,18H,1-2,7H2. The maximum absolute atomic E-state index is 8.93. The van der Waals surface area contributed by atoms with Gasteiger partial charge in [0.2, 0.25) is 0 Å². The van der Waals surface area contributed by atoms with E-state index in [1.165, 1.54) is 0 Å². The Morgan fingerprint density at radius 3 is 2.94 bits per heavy atom. The fourth-order valence-corrected chi connectivity index (χ4v) is 1.83. The molecule has 0 saturated carbocycles. The molecule has 1 aromatic heterocycles. The van der Waals surface area contributed by atoms with Gasteiger partial charge in [0.15, 0.2) is 0 Å². The van der Waals surface area contributed by atoms with Gasteiger partial charge in [0, 0.05) is 9.86 Å². The molecule has 92 valence electrons. The molecule has 5 nitrogen and oxygen atoms in total. The van der Waals surface area contributed by atoms with E-state index < -0.39 is 0 Å².